The fourth-order valence-corrected chi connectivity index (χ4v) is 6.28. The van der Waals surface area contributed by atoms with E-state index in [0.717, 1.165) is 59.7 Å². The topological polar surface area (TPSA) is 120 Å². The van der Waals surface area contributed by atoms with Gasteiger partial charge in [-0.3, -0.25) is 0 Å². The van der Waals surface area contributed by atoms with E-state index in [1.165, 1.54) is 0 Å². The molecule has 7 aliphatic heterocycles. The molecule has 0 aliphatic carbocycles. The van der Waals surface area contributed by atoms with Crippen LogP contribution in [0.2, 0.25) is 10.6 Å². The molecule has 12 bridgehead atoms. The lowest BCUT2D eigenvalue weighted by Gasteiger charge is -2.38. The van der Waals surface area contributed by atoms with Crippen LogP contribution in [0.1, 0.15) is 36.1 Å². The van der Waals surface area contributed by atoms with E-state index in [1.807, 2.05) is 38.1 Å². The summed E-state index contributed by atoms with van der Waals surface area (Å²) < 4.78 is 101. The summed E-state index contributed by atoms with van der Waals surface area (Å²) in [4.78, 5) is 24.2. The second-order valence-corrected chi connectivity index (χ2v) is 13.1. The van der Waals surface area contributed by atoms with E-state index in [1.54, 1.807) is 24.3 Å². The summed E-state index contributed by atoms with van der Waals surface area (Å²) in [6.07, 6.45) is -11.7. The van der Waals surface area contributed by atoms with E-state index in [2.05, 4.69) is 40.5 Å². The second-order valence-electron chi connectivity index (χ2n) is 12.4. The highest BCUT2D eigenvalue weighted by molar-refractivity contribution is 6.28. The number of hydrogen-bond donors (Lipinski definition) is 2. The molecule has 0 radical (unpaired) electrons. The first-order valence-corrected chi connectivity index (χ1v) is 16.6. The van der Waals surface area contributed by atoms with Gasteiger partial charge in [0.05, 0.1) is 0 Å². The Kier molecular flexibility index (Phi) is 9.22. The van der Waals surface area contributed by atoms with Crippen molar-refractivity contribution >= 4 is 46.5 Å². The number of nitrogens with one attached hydrogen (secondary N) is 2. The predicted octanol–water partition coefficient (Wildman–Crippen LogP) is 10.5. The minimum absolute atomic E-state index is 0.0527. The Labute approximate surface area is 312 Å². The van der Waals surface area contributed by atoms with Gasteiger partial charge in [-0.1, -0.05) is 62.4 Å². The molecule has 6 aromatic rings. The fourth-order valence-electron chi connectivity index (χ4n) is 5.97. The molecule has 0 atom stereocenters. The van der Waals surface area contributed by atoms with Gasteiger partial charge in [0.1, 0.15) is 11.5 Å². The van der Waals surface area contributed by atoms with E-state index in [9.17, 15) is 26.3 Å². The molecule has 7 aliphatic rings. The third-order valence-corrected chi connectivity index (χ3v) is 9.08. The largest absolute Gasteiger partial charge is 0.424 e. The Morgan fingerprint density at radius 3 is 1.15 bits per heavy atom. The van der Waals surface area contributed by atoms with Crippen molar-refractivity contribution in [1.82, 2.24) is 29.9 Å². The summed E-state index contributed by atoms with van der Waals surface area (Å²) in [5.41, 5.74) is -5.10. The molecule has 13 rings (SSSR count). The van der Waals surface area contributed by atoms with Crippen molar-refractivity contribution in [2.45, 2.75) is 37.0 Å². The van der Waals surface area contributed by atoms with Crippen LogP contribution in [0.5, 0.6) is 23.5 Å². The molecule has 0 fully saturated rings. The quantitative estimate of drug-likeness (QED) is 0.144. The lowest BCUT2D eigenvalue weighted by molar-refractivity contribution is -0.288. The van der Waals surface area contributed by atoms with Gasteiger partial charge in [-0.15, -0.1) is 0 Å². The zero-order chi connectivity index (χ0) is 38.5. The van der Waals surface area contributed by atoms with Crippen LogP contribution in [-0.4, -0.2) is 42.3 Å². The number of benzene rings is 4. The third-order valence-electron chi connectivity index (χ3n) is 8.74. The minimum Gasteiger partial charge on any atom is -0.424 e. The van der Waals surface area contributed by atoms with Crippen LogP contribution in [0.25, 0.3) is 0 Å². The molecular formula is C36H24Cl2F6N8O2. The summed E-state index contributed by atoms with van der Waals surface area (Å²) in [6, 6.07) is 20.8. The van der Waals surface area contributed by atoms with E-state index in [0.29, 0.717) is 11.5 Å². The fraction of sp³-hybridized carbons (Fsp3) is 0.167. The van der Waals surface area contributed by atoms with Crippen LogP contribution in [0.15, 0.2) is 97.1 Å². The van der Waals surface area contributed by atoms with E-state index in [4.69, 9.17) is 32.7 Å². The van der Waals surface area contributed by atoms with Crippen molar-refractivity contribution < 1.29 is 35.8 Å². The number of rotatable bonds is 0. The molecule has 0 unspecified atom stereocenters. The minimum atomic E-state index is -5.83. The van der Waals surface area contributed by atoms with Crippen LogP contribution in [0, 0.1) is 0 Å². The normalized spacial score (nSPS) is 15.0. The van der Waals surface area contributed by atoms with Crippen molar-refractivity contribution in [3.63, 3.8) is 0 Å². The number of aromatic nitrogens is 6. The molecule has 9 heterocycles. The highest BCUT2D eigenvalue weighted by Gasteiger charge is 2.72. The predicted molar refractivity (Wildman–Crippen MR) is 187 cm³/mol. The van der Waals surface area contributed by atoms with Crippen LogP contribution < -0.4 is 20.1 Å². The van der Waals surface area contributed by atoms with Crippen molar-refractivity contribution in [2.75, 3.05) is 10.6 Å². The molecule has 4 aromatic carbocycles. The van der Waals surface area contributed by atoms with Gasteiger partial charge in [-0.2, -0.15) is 56.2 Å². The van der Waals surface area contributed by atoms with Crippen molar-refractivity contribution in [3.8, 4) is 23.5 Å². The first-order chi connectivity index (χ1) is 25.5. The van der Waals surface area contributed by atoms with Crippen LogP contribution in [-0.2, 0) is 10.8 Å². The van der Waals surface area contributed by atoms with Gasteiger partial charge in [-0.05, 0) is 94.0 Å². The molecule has 0 saturated carbocycles. The zero-order valence-corrected chi connectivity index (χ0v) is 29.3. The number of hydrogen-bond acceptors (Lipinski definition) is 10. The Morgan fingerprint density at radius 2 is 0.815 bits per heavy atom. The monoisotopic (exact) mass is 784 g/mol. The summed E-state index contributed by atoms with van der Waals surface area (Å²) in [7, 11) is 0. The Balaban J connectivity index is 1.33. The Hall–Kier alpha value is -5.74. The van der Waals surface area contributed by atoms with Crippen LogP contribution in [0.4, 0.5) is 49.6 Å². The standard InChI is InChI=1S/C36H24Cl2F6N8O2/c1-33(2)19-7-15-25(16-8-19)53-31-49-27(37)47-29(51-31)45-23-11-3-21(4-12-23)34(35(39,40)41,36(42,43)44)22-5-13-24(14-6-22)46-30-48-28(38)50-32(52-30)54-26-17-9-20(33)10-18-26/h3-18H,1-2H3,(H,45,47,49,51)(H,46,48,50,52). The lowest BCUT2D eigenvalue weighted by atomic mass is 9.73. The van der Waals surface area contributed by atoms with Crippen molar-refractivity contribution in [3.05, 3.63) is 130 Å². The summed E-state index contributed by atoms with van der Waals surface area (Å²) in [5.74, 6) is 0.336. The van der Waals surface area contributed by atoms with Gasteiger partial charge in [-0.25, -0.2) is 0 Å². The van der Waals surface area contributed by atoms with Crippen molar-refractivity contribution in [1.29, 1.82) is 0 Å². The smallest absolute Gasteiger partial charge is 0.411 e. The Bertz CT molecular complexity index is 2150. The highest BCUT2D eigenvalue weighted by atomic mass is 35.5. The van der Waals surface area contributed by atoms with E-state index >= 15 is 0 Å². The molecule has 2 N–H and O–H groups in total. The Morgan fingerprint density at radius 1 is 0.481 bits per heavy atom. The van der Waals surface area contributed by atoms with Crippen LogP contribution >= 0.6 is 23.2 Å². The average molecular weight is 786 g/mol. The average Bonchev–Trinajstić information content (AvgIpc) is 3.08. The first-order valence-electron chi connectivity index (χ1n) is 15.8. The second kappa shape index (κ2) is 13.6. The van der Waals surface area contributed by atoms with Crippen LogP contribution in [0.3, 0.4) is 0 Å². The first kappa shape index (κ1) is 36.6. The number of nitrogens with zero attached hydrogens (tertiary/aromatic N) is 6. The number of ether oxygens (including phenoxy) is 2. The maximum atomic E-state index is 14.9. The highest BCUT2D eigenvalue weighted by Crippen LogP contribution is 2.56. The number of halogens is 8. The number of anilines is 4. The van der Waals surface area contributed by atoms with Gasteiger partial charge in [0, 0.05) is 16.8 Å². The lowest BCUT2D eigenvalue weighted by Crippen LogP contribution is -2.54. The van der Waals surface area contributed by atoms with E-state index in [-0.39, 0.29) is 45.9 Å². The summed E-state index contributed by atoms with van der Waals surface area (Å²) in [5, 5.41) is 4.88. The molecule has 0 amide bonds. The molecule has 10 nitrogen and oxygen atoms in total. The van der Waals surface area contributed by atoms with Gasteiger partial charge in [0.25, 0.3) is 0 Å². The third kappa shape index (κ3) is 7.01. The summed E-state index contributed by atoms with van der Waals surface area (Å²) in [6.45, 7) is 4.08. The molecular weight excluding hydrogens is 761 g/mol. The van der Waals surface area contributed by atoms with E-state index < -0.39 is 34.3 Å². The maximum absolute atomic E-state index is 14.9. The zero-order valence-electron chi connectivity index (χ0n) is 27.8. The molecule has 18 heteroatoms. The molecule has 0 saturated heterocycles. The molecule has 54 heavy (non-hydrogen) atoms. The van der Waals surface area contributed by atoms with Gasteiger partial charge < -0.3 is 20.1 Å². The van der Waals surface area contributed by atoms with Gasteiger partial charge in [0.15, 0.2) is 0 Å². The molecule has 276 valence electrons. The van der Waals surface area contributed by atoms with Gasteiger partial charge in [0.2, 0.25) is 27.9 Å². The SMILES string of the molecule is CC1(C)c2ccc(cc2)Oc2nc(Cl)nc(n2)Nc2ccc(cc2)C(C(F)(F)F)(C(F)(F)F)c2ccc(cc2)Nc2nc(Cl)nc(n2)Oc2ccc1cc2. The maximum Gasteiger partial charge on any atom is 0.411 e. The van der Waals surface area contributed by atoms with Gasteiger partial charge >= 0.3 is 24.4 Å². The molecule has 2 aromatic heterocycles. The van der Waals surface area contributed by atoms with Crippen molar-refractivity contribution in [2.24, 2.45) is 0 Å². The summed E-state index contributed by atoms with van der Waals surface area (Å²) >= 11 is 12.2. The molecule has 0 spiro atoms. The number of alkyl halides is 6.